The van der Waals surface area contributed by atoms with E-state index in [1.165, 1.54) is 16.2 Å². The van der Waals surface area contributed by atoms with Gasteiger partial charge in [-0.05, 0) is 19.8 Å². The Bertz CT molecular complexity index is 236. The molecule has 1 heterocycles. The molecule has 62 valence electrons. The second-order valence-corrected chi connectivity index (χ2v) is 3.97. The normalized spacial score (nSPS) is 10.5. The van der Waals surface area contributed by atoms with Crippen LogP contribution in [0.4, 0.5) is 0 Å². The Hall–Kier alpha value is -0.120. The largest absolute Gasteiger partial charge is 0.396 e. The molecule has 0 saturated carbocycles. The van der Waals surface area contributed by atoms with Gasteiger partial charge in [0.15, 0.2) is 4.47 Å². The van der Waals surface area contributed by atoms with E-state index < -0.39 is 0 Å². The van der Waals surface area contributed by atoms with Crippen LogP contribution in [-0.2, 0) is 6.42 Å². The van der Waals surface area contributed by atoms with Crippen molar-refractivity contribution in [2.75, 3.05) is 6.61 Å². The second kappa shape index (κ2) is 4.04. The lowest BCUT2D eigenvalue weighted by Gasteiger charge is -1.93. The third-order valence-corrected chi connectivity index (χ3v) is 2.75. The van der Waals surface area contributed by atoms with E-state index in [0.29, 0.717) is 4.47 Å². The summed E-state index contributed by atoms with van der Waals surface area (Å²) in [5.74, 6) is 0. The Labute approximate surface area is 74.8 Å². The standard InChI is InChI=1S/C7H10ClNOS/c1-5-6(3-2-4-10)11-7(8)9-5/h10H,2-4H2,1H3. The molecular weight excluding hydrogens is 182 g/mol. The first-order valence-corrected chi connectivity index (χ1v) is 4.66. The fourth-order valence-corrected chi connectivity index (χ4v) is 2.10. The van der Waals surface area contributed by atoms with Crippen molar-refractivity contribution in [2.45, 2.75) is 19.8 Å². The maximum atomic E-state index is 8.58. The summed E-state index contributed by atoms with van der Waals surface area (Å²) >= 11 is 7.19. The van der Waals surface area contributed by atoms with Gasteiger partial charge in [-0.2, -0.15) is 0 Å². The molecule has 0 aromatic carbocycles. The number of rotatable bonds is 3. The smallest absolute Gasteiger partial charge is 0.184 e. The first-order valence-electron chi connectivity index (χ1n) is 3.46. The first-order chi connectivity index (χ1) is 5.24. The van der Waals surface area contributed by atoms with Gasteiger partial charge in [0.25, 0.3) is 0 Å². The van der Waals surface area contributed by atoms with Crippen LogP contribution in [0.2, 0.25) is 4.47 Å². The van der Waals surface area contributed by atoms with Gasteiger partial charge >= 0.3 is 0 Å². The number of nitrogens with zero attached hydrogens (tertiary/aromatic N) is 1. The van der Waals surface area contributed by atoms with Crippen molar-refractivity contribution in [3.05, 3.63) is 15.0 Å². The fourth-order valence-electron chi connectivity index (χ4n) is 0.864. The lowest BCUT2D eigenvalue weighted by molar-refractivity contribution is 0.289. The van der Waals surface area contributed by atoms with E-state index in [4.69, 9.17) is 16.7 Å². The average Bonchev–Trinajstić information content (AvgIpc) is 2.26. The number of aliphatic hydroxyl groups excluding tert-OH is 1. The monoisotopic (exact) mass is 191 g/mol. The molecule has 0 amide bonds. The van der Waals surface area contributed by atoms with E-state index in [1.54, 1.807) is 0 Å². The predicted molar refractivity (Wildman–Crippen MR) is 47.3 cm³/mol. The Kier molecular flexibility index (Phi) is 3.30. The SMILES string of the molecule is Cc1nc(Cl)sc1CCCO. The molecule has 0 aliphatic carbocycles. The third-order valence-electron chi connectivity index (χ3n) is 1.43. The zero-order valence-corrected chi connectivity index (χ0v) is 7.87. The Morgan fingerprint density at radius 3 is 2.82 bits per heavy atom. The number of aromatic nitrogens is 1. The zero-order valence-electron chi connectivity index (χ0n) is 6.30. The van der Waals surface area contributed by atoms with E-state index >= 15 is 0 Å². The summed E-state index contributed by atoms with van der Waals surface area (Å²) in [7, 11) is 0. The molecule has 0 fully saturated rings. The fraction of sp³-hybridized carbons (Fsp3) is 0.571. The Balaban J connectivity index is 2.62. The minimum absolute atomic E-state index is 0.231. The van der Waals surface area contributed by atoms with Crippen molar-refractivity contribution in [3.63, 3.8) is 0 Å². The van der Waals surface area contributed by atoms with Crippen LogP contribution in [0.3, 0.4) is 0 Å². The van der Waals surface area contributed by atoms with Crippen LogP contribution in [0.25, 0.3) is 0 Å². The van der Waals surface area contributed by atoms with Gasteiger partial charge in [0.1, 0.15) is 0 Å². The number of aliphatic hydroxyl groups is 1. The number of thiazole rings is 1. The molecule has 0 radical (unpaired) electrons. The zero-order chi connectivity index (χ0) is 8.27. The number of hydrogen-bond acceptors (Lipinski definition) is 3. The summed E-state index contributed by atoms with van der Waals surface area (Å²) in [5, 5.41) is 8.58. The molecule has 0 unspecified atom stereocenters. The summed E-state index contributed by atoms with van der Waals surface area (Å²) in [4.78, 5) is 5.25. The maximum Gasteiger partial charge on any atom is 0.184 e. The van der Waals surface area contributed by atoms with Gasteiger partial charge in [0, 0.05) is 11.5 Å². The maximum absolute atomic E-state index is 8.58. The first kappa shape index (κ1) is 8.97. The Morgan fingerprint density at radius 2 is 2.36 bits per heavy atom. The highest BCUT2D eigenvalue weighted by atomic mass is 35.5. The van der Waals surface area contributed by atoms with Gasteiger partial charge in [0.2, 0.25) is 0 Å². The lowest BCUT2D eigenvalue weighted by atomic mass is 10.2. The van der Waals surface area contributed by atoms with Gasteiger partial charge in [-0.15, -0.1) is 11.3 Å². The van der Waals surface area contributed by atoms with Crippen molar-refractivity contribution >= 4 is 22.9 Å². The van der Waals surface area contributed by atoms with E-state index in [0.717, 1.165) is 18.5 Å². The van der Waals surface area contributed by atoms with Crippen LogP contribution in [0.1, 0.15) is 17.0 Å². The van der Waals surface area contributed by atoms with Gasteiger partial charge in [-0.25, -0.2) is 4.98 Å². The number of aryl methyl sites for hydroxylation is 2. The molecule has 4 heteroatoms. The van der Waals surface area contributed by atoms with Gasteiger partial charge in [0.05, 0.1) is 5.69 Å². The minimum atomic E-state index is 0.231. The molecule has 1 N–H and O–H groups in total. The summed E-state index contributed by atoms with van der Waals surface area (Å²) < 4.78 is 0.593. The van der Waals surface area contributed by atoms with Crippen LogP contribution < -0.4 is 0 Å². The highest BCUT2D eigenvalue weighted by Crippen LogP contribution is 2.22. The van der Waals surface area contributed by atoms with Crippen LogP contribution in [0.15, 0.2) is 0 Å². The second-order valence-electron chi connectivity index (χ2n) is 2.30. The average molecular weight is 192 g/mol. The molecule has 1 rings (SSSR count). The van der Waals surface area contributed by atoms with Gasteiger partial charge in [-0.1, -0.05) is 11.6 Å². The molecule has 11 heavy (non-hydrogen) atoms. The topological polar surface area (TPSA) is 33.1 Å². The summed E-state index contributed by atoms with van der Waals surface area (Å²) in [6, 6.07) is 0. The van der Waals surface area contributed by atoms with Gasteiger partial charge < -0.3 is 5.11 Å². The molecule has 1 aromatic heterocycles. The molecule has 0 atom stereocenters. The van der Waals surface area contributed by atoms with Gasteiger partial charge in [-0.3, -0.25) is 0 Å². The summed E-state index contributed by atoms with van der Waals surface area (Å²) in [5.41, 5.74) is 0.994. The van der Waals surface area contributed by atoms with Crippen molar-refractivity contribution in [3.8, 4) is 0 Å². The number of halogens is 1. The molecule has 0 spiro atoms. The van der Waals surface area contributed by atoms with E-state index in [1.807, 2.05) is 6.92 Å². The number of hydrogen-bond donors (Lipinski definition) is 1. The predicted octanol–water partition coefficient (Wildman–Crippen LogP) is 2.03. The third kappa shape index (κ3) is 2.43. The quantitative estimate of drug-likeness (QED) is 0.793. The van der Waals surface area contributed by atoms with E-state index in [2.05, 4.69) is 4.98 Å². The molecular formula is C7H10ClNOS. The van der Waals surface area contributed by atoms with Crippen LogP contribution >= 0.6 is 22.9 Å². The molecule has 0 aliphatic heterocycles. The van der Waals surface area contributed by atoms with Crippen LogP contribution in [0, 0.1) is 6.92 Å². The minimum Gasteiger partial charge on any atom is -0.396 e. The molecule has 2 nitrogen and oxygen atoms in total. The summed E-state index contributed by atoms with van der Waals surface area (Å²) in [6.45, 7) is 2.17. The Morgan fingerprint density at radius 1 is 1.64 bits per heavy atom. The molecule has 0 bridgehead atoms. The van der Waals surface area contributed by atoms with Crippen molar-refractivity contribution in [1.29, 1.82) is 0 Å². The molecule has 1 aromatic rings. The highest BCUT2D eigenvalue weighted by molar-refractivity contribution is 7.15. The van der Waals surface area contributed by atoms with E-state index in [9.17, 15) is 0 Å². The molecule has 0 saturated heterocycles. The lowest BCUT2D eigenvalue weighted by Crippen LogP contribution is -1.88. The van der Waals surface area contributed by atoms with Crippen molar-refractivity contribution < 1.29 is 5.11 Å². The highest BCUT2D eigenvalue weighted by Gasteiger charge is 2.04. The summed E-state index contributed by atoms with van der Waals surface area (Å²) in [6.07, 6.45) is 1.67. The van der Waals surface area contributed by atoms with Crippen LogP contribution in [0.5, 0.6) is 0 Å². The molecule has 0 aliphatic rings. The van der Waals surface area contributed by atoms with Crippen LogP contribution in [-0.4, -0.2) is 16.7 Å². The van der Waals surface area contributed by atoms with Crippen molar-refractivity contribution in [1.82, 2.24) is 4.98 Å². The van der Waals surface area contributed by atoms with Crippen molar-refractivity contribution in [2.24, 2.45) is 0 Å². The van der Waals surface area contributed by atoms with E-state index in [-0.39, 0.29) is 6.61 Å².